The molecule has 8 heteroatoms. The highest BCUT2D eigenvalue weighted by molar-refractivity contribution is 6.15. The molecule has 2 N–H and O–H groups in total. The SMILES string of the molecule is CC(C)=CCc1c2c(c(O)c3c1OC1C(=CC(C=O)C[C@@H]1C(C)(C)OC(C)C/C=C(/C)C(=O)O)C3=O)C=CC(C)(C)O2. The highest BCUT2D eigenvalue weighted by Crippen LogP contribution is 2.53. The van der Waals surface area contributed by atoms with Crippen molar-refractivity contribution < 1.29 is 38.8 Å². The summed E-state index contributed by atoms with van der Waals surface area (Å²) in [5.74, 6) is -1.72. The minimum Gasteiger partial charge on any atom is -0.506 e. The van der Waals surface area contributed by atoms with Crippen LogP contribution in [0, 0.1) is 11.8 Å². The van der Waals surface area contributed by atoms with Crippen LogP contribution in [0.3, 0.4) is 0 Å². The number of hydrogen-bond acceptors (Lipinski definition) is 7. The van der Waals surface area contributed by atoms with Gasteiger partial charge in [0.25, 0.3) is 0 Å². The van der Waals surface area contributed by atoms with E-state index in [1.54, 1.807) is 18.2 Å². The van der Waals surface area contributed by atoms with Crippen molar-refractivity contribution in [2.24, 2.45) is 11.8 Å². The molecule has 2 heterocycles. The summed E-state index contributed by atoms with van der Waals surface area (Å²) in [7, 11) is 0. The molecule has 8 nitrogen and oxygen atoms in total. The molecule has 0 radical (unpaired) electrons. The number of carbonyl (C=O) groups is 3. The van der Waals surface area contributed by atoms with Crippen molar-refractivity contribution in [3.05, 3.63) is 57.7 Å². The third kappa shape index (κ3) is 6.09. The first-order chi connectivity index (χ1) is 19.6. The van der Waals surface area contributed by atoms with E-state index < -0.39 is 35.1 Å². The fourth-order valence-corrected chi connectivity index (χ4v) is 5.93. The van der Waals surface area contributed by atoms with Gasteiger partial charge in [0.2, 0.25) is 0 Å². The van der Waals surface area contributed by atoms with Gasteiger partial charge < -0.3 is 29.2 Å². The highest BCUT2D eigenvalue weighted by atomic mass is 16.5. The third-order valence-electron chi connectivity index (χ3n) is 8.23. The highest BCUT2D eigenvalue weighted by Gasteiger charge is 2.50. The van der Waals surface area contributed by atoms with Crippen LogP contribution in [-0.2, 0) is 20.7 Å². The number of carbonyl (C=O) groups excluding carboxylic acids is 2. The maximum Gasteiger partial charge on any atom is 0.330 e. The Labute approximate surface area is 247 Å². The molecule has 226 valence electrons. The molecule has 3 unspecified atom stereocenters. The number of hydrogen-bond donors (Lipinski definition) is 2. The van der Waals surface area contributed by atoms with Crippen molar-refractivity contribution >= 4 is 24.1 Å². The lowest BCUT2D eigenvalue weighted by molar-refractivity contribution is -0.132. The molecule has 1 aliphatic carbocycles. The number of carboxylic acid groups (broad SMARTS) is 1. The average molecular weight is 579 g/mol. The second-order valence-electron chi connectivity index (χ2n) is 12.9. The number of carboxylic acids is 1. The predicted molar refractivity (Wildman–Crippen MR) is 160 cm³/mol. The molecule has 4 atom stereocenters. The van der Waals surface area contributed by atoms with Gasteiger partial charge in [-0.25, -0.2) is 4.79 Å². The molecule has 0 saturated heterocycles. The number of fused-ring (bicyclic) bond motifs is 3. The maximum atomic E-state index is 14.2. The van der Waals surface area contributed by atoms with Crippen LogP contribution in [-0.4, -0.2) is 51.7 Å². The standard InChI is InChI=1S/C34H42O8/c1-18(2)9-12-23-29-22(13-14-33(5,6)42-29)27(36)26-28(37)24-15-21(17-35)16-25(30(24)40-31(23)26)34(7,8)41-20(4)11-10-19(3)32(38)39/h9-10,13-15,17,20-21,25,30,36H,11-12,16H2,1-8H3,(H,38,39)/b19-10-/t20?,21?,25-,30?/m0/s1. The number of phenolic OH excluding ortho intramolecular Hbond substituents is 1. The molecular formula is C34H42O8. The van der Waals surface area contributed by atoms with Crippen molar-refractivity contribution in [2.75, 3.05) is 0 Å². The Morgan fingerprint density at radius 3 is 2.52 bits per heavy atom. The maximum absolute atomic E-state index is 14.2. The van der Waals surface area contributed by atoms with E-state index >= 15 is 0 Å². The van der Waals surface area contributed by atoms with Gasteiger partial charge in [-0.15, -0.1) is 0 Å². The zero-order valence-corrected chi connectivity index (χ0v) is 25.7. The van der Waals surface area contributed by atoms with Crippen molar-refractivity contribution in [3.8, 4) is 17.2 Å². The molecule has 4 rings (SSSR count). The summed E-state index contributed by atoms with van der Waals surface area (Å²) in [5, 5.41) is 20.6. The fourth-order valence-electron chi connectivity index (χ4n) is 5.93. The number of benzene rings is 1. The Hall–Kier alpha value is -3.65. The van der Waals surface area contributed by atoms with Crippen LogP contribution in [0.1, 0.15) is 89.7 Å². The van der Waals surface area contributed by atoms with Gasteiger partial charge in [-0.3, -0.25) is 4.79 Å². The molecule has 0 bridgehead atoms. The van der Waals surface area contributed by atoms with E-state index in [1.807, 2.05) is 60.6 Å². The Morgan fingerprint density at radius 2 is 1.90 bits per heavy atom. The molecule has 1 aromatic rings. The van der Waals surface area contributed by atoms with Crippen LogP contribution in [0.5, 0.6) is 17.2 Å². The van der Waals surface area contributed by atoms with Gasteiger partial charge in [-0.1, -0.05) is 23.8 Å². The van der Waals surface area contributed by atoms with Gasteiger partial charge >= 0.3 is 5.97 Å². The van der Waals surface area contributed by atoms with Crippen molar-refractivity contribution in [1.82, 2.24) is 0 Å². The summed E-state index contributed by atoms with van der Waals surface area (Å²) in [6.07, 6.45) is 9.91. The van der Waals surface area contributed by atoms with Crippen molar-refractivity contribution in [1.29, 1.82) is 0 Å². The van der Waals surface area contributed by atoms with Gasteiger partial charge in [0.15, 0.2) is 5.78 Å². The quantitative estimate of drug-likeness (QED) is 0.196. The van der Waals surface area contributed by atoms with E-state index in [0.717, 1.165) is 11.9 Å². The van der Waals surface area contributed by atoms with Crippen LogP contribution in [0.15, 0.2) is 41.0 Å². The molecule has 2 aliphatic heterocycles. The summed E-state index contributed by atoms with van der Waals surface area (Å²) >= 11 is 0. The largest absolute Gasteiger partial charge is 0.506 e. The van der Waals surface area contributed by atoms with Crippen molar-refractivity contribution in [2.45, 2.75) is 98.1 Å². The predicted octanol–water partition coefficient (Wildman–Crippen LogP) is 6.39. The lowest BCUT2D eigenvalue weighted by atomic mass is 9.70. The number of allylic oxidation sites excluding steroid dienone is 3. The van der Waals surface area contributed by atoms with Gasteiger partial charge in [0.1, 0.15) is 40.8 Å². The van der Waals surface area contributed by atoms with Crippen molar-refractivity contribution in [3.63, 3.8) is 0 Å². The molecule has 1 aromatic carbocycles. The fraction of sp³-hybridized carbons (Fsp3) is 0.500. The first kappa shape index (κ1) is 31.3. The molecule has 42 heavy (non-hydrogen) atoms. The van der Waals surface area contributed by atoms with E-state index in [9.17, 15) is 24.6 Å². The molecule has 0 aromatic heterocycles. The summed E-state index contributed by atoms with van der Waals surface area (Å²) in [6.45, 7) is 15.0. The zero-order chi connectivity index (χ0) is 31.1. The Balaban J connectivity index is 1.81. The topological polar surface area (TPSA) is 119 Å². The summed E-state index contributed by atoms with van der Waals surface area (Å²) in [6, 6.07) is 0. The van der Waals surface area contributed by atoms with E-state index in [0.29, 0.717) is 47.5 Å². The molecule has 0 fully saturated rings. The van der Waals surface area contributed by atoms with E-state index in [1.165, 1.54) is 6.92 Å². The number of phenols is 1. The normalized spacial score (nSPS) is 23.3. The number of aromatic hydroxyl groups is 1. The Kier molecular flexibility index (Phi) is 8.61. The summed E-state index contributed by atoms with van der Waals surface area (Å²) < 4.78 is 19.5. The molecule has 0 amide bonds. The number of rotatable bonds is 9. The molecule has 0 saturated carbocycles. The van der Waals surface area contributed by atoms with E-state index in [-0.39, 0.29) is 28.8 Å². The molecule has 3 aliphatic rings. The second-order valence-corrected chi connectivity index (χ2v) is 12.9. The Morgan fingerprint density at radius 1 is 1.21 bits per heavy atom. The lowest BCUT2D eigenvalue weighted by Gasteiger charge is -2.46. The summed E-state index contributed by atoms with van der Waals surface area (Å²) in [4.78, 5) is 37.5. The monoisotopic (exact) mass is 578 g/mol. The average Bonchev–Trinajstić information content (AvgIpc) is 2.89. The minimum atomic E-state index is -0.984. The van der Waals surface area contributed by atoms with Gasteiger partial charge in [-0.05, 0) is 86.8 Å². The number of aldehydes is 1. The van der Waals surface area contributed by atoms with Crippen LogP contribution in [0.4, 0.5) is 0 Å². The molecular weight excluding hydrogens is 536 g/mol. The smallest absolute Gasteiger partial charge is 0.330 e. The second kappa shape index (κ2) is 11.6. The summed E-state index contributed by atoms with van der Waals surface area (Å²) in [5.41, 5.74) is 1.35. The minimum absolute atomic E-state index is 0.0769. The van der Waals surface area contributed by atoms with Gasteiger partial charge in [0.05, 0.1) is 17.3 Å². The van der Waals surface area contributed by atoms with Crippen LogP contribution in [0.2, 0.25) is 0 Å². The number of aliphatic carboxylic acids is 1. The Bertz CT molecular complexity index is 1420. The third-order valence-corrected chi connectivity index (χ3v) is 8.23. The van der Waals surface area contributed by atoms with Crippen LogP contribution >= 0.6 is 0 Å². The van der Waals surface area contributed by atoms with E-state index in [2.05, 4.69) is 0 Å². The molecule has 0 spiro atoms. The van der Waals surface area contributed by atoms with Gasteiger partial charge in [0, 0.05) is 28.5 Å². The lowest BCUT2D eigenvalue weighted by Crippen LogP contribution is -2.51. The van der Waals surface area contributed by atoms with Crippen LogP contribution in [0.25, 0.3) is 6.08 Å². The number of ketones is 1. The number of ether oxygens (including phenoxy) is 3. The van der Waals surface area contributed by atoms with E-state index in [4.69, 9.17) is 14.2 Å². The zero-order valence-electron chi connectivity index (χ0n) is 25.7. The first-order valence-corrected chi connectivity index (χ1v) is 14.5. The first-order valence-electron chi connectivity index (χ1n) is 14.5. The van der Waals surface area contributed by atoms with Crippen LogP contribution < -0.4 is 9.47 Å². The number of Topliss-reactive ketones (excluding diaryl/α,β-unsaturated/α-hetero) is 1. The van der Waals surface area contributed by atoms with Gasteiger partial charge in [-0.2, -0.15) is 0 Å².